The lowest BCUT2D eigenvalue weighted by Crippen LogP contribution is -2.03. The molecule has 0 saturated heterocycles. The van der Waals surface area contributed by atoms with Gasteiger partial charge in [-0.3, -0.25) is 0 Å². The fourth-order valence-electron chi connectivity index (χ4n) is 0.808. The zero-order chi connectivity index (χ0) is 9.56. The molecule has 2 nitrogen and oxygen atoms in total. The maximum atomic E-state index is 9.01. The molecule has 0 bridgehead atoms. The van der Waals surface area contributed by atoms with Crippen LogP contribution < -0.4 is 5.73 Å². The van der Waals surface area contributed by atoms with E-state index in [1.54, 1.807) is 18.2 Å². The van der Waals surface area contributed by atoms with E-state index in [1.165, 1.54) is 0 Å². The molecule has 0 aliphatic heterocycles. The monoisotopic (exact) mass is 167 g/mol. The summed E-state index contributed by atoms with van der Waals surface area (Å²) in [6.45, 7) is 5.88. The fraction of sp³-hybridized carbons (Fsp3) is 0.400. The molecular formula is C10H17NO. The zero-order valence-corrected chi connectivity index (χ0v) is 7.91. The molecular weight excluding hydrogens is 150 g/mol. The summed E-state index contributed by atoms with van der Waals surface area (Å²) in [4.78, 5) is 0. The average Bonchev–Trinajstić information content (AvgIpc) is 2.08. The average molecular weight is 167 g/mol. The van der Waals surface area contributed by atoms with Crippen LogP contribution in [0, 0.1) is 0 Å². The Morgan fingerprint density at radius 2 is 1.92 bits per heavy atom. The van der Waals surface area contributed by atoms with Crippen molar-refractivity contribution in [3.63, 3.8) is 0 Å². The summed E-state index contributed by atoms with van der Waals surface area (Å²) in [5.41, 5.74) is 6.53. The molecule has 0 aliphatic carbocycles. The maximum Gasteiger partial charge on any atom is 0.115 e. The maximum absolute atomic E-state index is 9.01. The Kier molecular flexibility index (Phi) is 5.13. The standard InChI is InChI=1S/C8H11NO.C2H6/c1-6(9)7-3-2-4-8(10)5-7;1-2/h2-6,10H,9H2,1H3;1-2H3. The highest BCUT2D eigenvalue weighted by Crippen LogP contribution is 2.15. The summed E-state index contributed by atoms with van der Waals surface area (Å²) < 4.78 is 0. The molecule has 0 spiro atoms. The molecule has 3 N–H and O–H groups in total. The molecule has 0 heterocycles. The van der Waals surface area contributed by atoms with Crippen molar-refractivity contribution in [2.75, 3.05) is 0 Å². The second-order valence-corrected chi connectivity index (χ2v) is 2.38. The molecule has 1 aromatic rings. The Balaban J connectivity index is 0.000000561. The molecule has 2 heteroatoms. The van der Waals surface area contributed by atoms with Crippen molar-refractivity contribution in [3.8, 4) is 5.75 Å². The second kappa shape index (κ2) is 5.61. The molecule has 0 radical (unpaired) electrons. The third kappa shape index (κ3) is 3.39. The first-order valence-corrected chi connectivity index (χ1v) is 4.24. The molecule has 1 rings (SSSR count). The minimum atomic E-state index is -0.00731. The van der Waals surface area contributed by atoms with E-state index in [9.17, 15) is 0 Å². The van der Waals surface area contributed by atoms with Gasteiger partial charge in [-0.1, -0.05) is 26.0 Å². The Morgan fingerprint density at radius 1 is 1.33 bits per heavy atom. The van der Waals surface area contributed by atoms with E-state index in [0.29, 0.717) is 0 Å². The van der Waals surface area contributed by atoms with Crippen LogP contribution in [-0.2, 0) is 0 Å². The van der Waals surface area contributed by atoms with Crippen molar-refractivity contribution >= 4 is 0 Å². The van der Waals surface area contributed by atoms with Crippen molar-refractivity contribution < 1.29 is 5.11 Å². The van der Waals surface area contributed by atoms with Gasteiger partial charge in [-0.05, 0) is 24.6 Å². The van der Waals surface area contributed by atoms with Gasteiger partial charge in [-0.25, -0.2) is 0 Å². The van der Waals surface area contributed by atoms with Crippen LogP contribution >= 0.6 is 0 Å². The summed E-state index contributed by atoms with van der Waals surface area (Å²) in [6.07, 6.45) is 0. The highest BCUT2D eigenvalue weighted by Gasteiger charge is 1.97. The van der Waals surface area contributed by atoms with Gasteiger partial charge >= 0.3 is 0 Å². The largest absolute Gasteiger partial charge is 0.508 e. The van der Waals surface area contributed by atoms with Gasteiger partial charge in [0, 0.05) is 6.04 Å². The Morgan fingerprint density at radius 3 is 2.25 bits per heavy atom. The Labute approximate surface area is 74.0 Å². The van der Waals surface area contributed by atoms with E-state index in [1.807, 2.05) is 26.8 Å². The number of nitrogens with two attached hydrogens (primary N) is 1. The van der Waals surface area contributed by atoms with Crippen LogP contribution in [0.25, 0.3) is 0 Å². The van der Waals surface area contributed by atoms with E-state index in [0.717, 1.165) is 5.56 Å². The van der Waals surface area contributed by atoms with E-state index < -0.39 is 0 Å². The zero-order valence-electron chi connectivity index (χ0n) is 7.91. The second-order valence-electron chi connectivity index (χ2n) is 2.38. The first kappa shape index (κ1) is 11.0. The van der Waals surface area contributed by atoms with Gasteiger partial charge in [-0.15, -0.1) is 0 Å². The van der Waals surface area contributed by atoms with Gasteiger partial charge in [0.2, 0.25) is 0 Å². The topological polar surface area (TPSA) is 46.2 Å². The number of phenolic OH excluding ortho intramolecular Hbond substituents is 1. The normalized spacial score (nSPS) is 11.3. The highest BCUT2D eigenvalue weighted by atomic mass is 16.3. The molecule has 1 unspecified atom stereocenters. The van der Waals surface area contributed by atoms with Crippen LogP contribution in [0.4, 0.5) is 0 Å². The number of hydrogen-bond donors (Lipinski definition) is 2. The smallest absolute Gasteiger partial charge is 0.115 e. The lowest BCUT2D eigenvalue weighted by Gasteiger charge is -2.03. The van der Waals surface area contributed by atoms with Crippen LogP contribution in [-0.4, -0.2) is 5.11 Å². The third-order valence-electron chi connectivity index (χ3n) is 1.40. The van der Waals surface area contributed by atoms with Crippen LogP contribution in [0.15, 0.2) is 24.3 Å². The van der Waals surface area contributed by atoms with Gasteiger partial charge in [0.05, 0.1) is 0 Å². The van der Waals surface area contributed by atoms with Gasteiger partial charge in [0.1, 0.15) is 5.75 Å². The van der Waals surface area contributed by atoms with E-state index in [-0.39, 0.29) is 11.8 Å². The molecule has 0 fully saturated rings. The lowest BCUT2D eigenvalue weighted by atomic mass is 10.1. The quantitative estimate of drug-likeness (QED) is 0.674. The van der Waals surface area contributed by atoms with E-state index in [4.69, 9.17) is 10.8 Å². The SMILES string of the molecule is CC.CC(N)c1cccc(O)c1. The first-order chi connectivity index (χ1) is 5.70. The summed E-state index contributed by atoms with van der Waals surface area (Å²) >= 11 is 0. The number of aromatic hydroxyl groups is 1. The summed E-state index contributed by atoms with van der Waals surface area (Å²) in [5, 5.41) is 9.01. The minimum absolute atomic E-state index is 0.00731. The summed E-state index contributed by atoms with van der Waals surface area (Å²) in [5.74, 6) is 0.273. The van der Waals surface area contributed by atoms with Gasteiger partial charge in [-0.2, -0.15) is 0 Å². The van der Waals surface area contributed by atoms with Crippen molar-refractivity contribution in [1.82, 2.24) is 0 Å². The fourth-order valence-corrected chi connectivity index (χ4v) is 0.808. The molecule has 68 valence electrons. The van der Waals surface area contributed by atoms with Crippen LogP contribution in [0.5, 0.6) is 5.75 Å². The number of benzene rings is 1. The highest BCUT2D eigenvalue weighted by molar-refractivity contribution is 5.28. The number of phenols is 1. The van der Waals surface area contributed by atoms with Crippen LogP contribution in [0.1, 0.15) is 32.4 Å². The van der Waals surface area contributed by atoms with Crippen molar-refractivity contribution in [1.29, 1.82) is 0 Å². The minimum Gasteiger partial charge on any atom is -0.508 e. The number of hydrogen-bond acceptors (Lipinski definition) is 2. The van der Waals surface area contributed by atoms with Crippen LogP contribution in [0.3, 0.4) is 0 Å². The van der Waals surface area contributed by atoms with Crippen molar-refractivity contribution in [2.24, 2.45) is 5.73 Å². The third-order valence-corrected chi connectivity index (χ3v) is 1.40. The van der Waals surface area contributed by atoms with E-state index >= 15 is 0 Å². The predicted molar refractivity (Wildman–Crippen MR) is 52.1 cm³/mol. The van der Waals surface area contributed by atoms with Crippen molar-refractivity contribution in [2.45, 2.75) is 26.8 Å². The summed E-state index contributed by atoms with van der Waals surface area (Å²) in [7, 11) is 0. The van der Waals surface area contributed by atoms with Gasteiger partial charge in [0.25, 0.3) is 0 Å². The van der Waals surface area contributed by atoms with E-state index in [2.05, 4.69) is 0 Å². The molecule has 1 aromatic carbocycles. The Bertz CT molecular complexity index is 221. The van der Waals surface area contributed by atoms with Gasteiger partial charge in [0.15, 0.2) is 0 Å². The molecule has 0 aliphatic rings. The van der Waals surface area contributed by atoms with Crippen molar-refractivity contribution in [3.05, 3.63) is 29.8 Å². The predicted octanol–water partition coefficient (Wildman–Crippen LogP) is 2.44. The molecule has 0 aromatic heterocycles. The Hall–Kier alpha value is -1.02. The molecule has 1 atom stereocenters. The summed E-state index contributed by atoms with van der Waals surface area (Å²) in [6, 6.07) is 6.97. The lowest BCUT2D eigenvalue weighted by molar-refractivity contribution is 0.474. The molecule has 12 heavy (non-hydrogen) atoms. The van der Waals surface area contributed by atoms with Gasteiger partial charge < -0.3 is 10.8 Å². The molecule has 0 amide bonds. The molecule has 0 saturated carbocycles. The van der Waals surface area contributed by atoms with Crippen LogP contribution in [0.2, 0.25) is 0 Å². The first-order valence-electron chi connectivity index (χ1n) is 4.24. The number of rotatable bonds is 1.